The minimum absolute atomic E-state index is 0.655. The maximum absolute atomic E-state index is 10.8. The standard InChI is InChI=1S/C14H14N2O/c1-9-10(2)16-14(11(3)15-9)13-6-4-5-12(7-13)8-17/h4-8H,1-3H3. The second-order valence-corrected chi connectivity index (χ2v) is 4.07. The Morgan fingerprint density at radius 1 is 1.00 bits per heavy atom. The Balaban J connectivity index is 2.59. The van der Waals surface area contributed by atoms with Gasteiger partial charge in [-0.3, -0.25) is 9.78 Å². The van der Waals surface area contributed by atoms with Gasteiger partial charge in [0.1, 0.15) is 6.29 Å². The van der Waals surface area contributed by atoms with Crippen molar-refractivity contribution in [2.75, 3.05) is 0 Å². The molecule has 0 radical (unpaired) electrons. The summed E-state index contributed by atoms with van der Waals surface area (Å²) in [6, 6.07) is 7.41. The smallest absolute Gasteiger partial charge is 0.150 e. The lowest BCUT2D eigenvalue weighted by Crippen LogP contribution is -1.99. The molecule has 86 valence electrons. The molecule has 1 heterocycles. The number of aromatic nitrogens is 2. The van der Waals surface area contributed by atoms with Crippen molar-refractivity contribution in [3.05, 3.63) is 46.9 Å². The van der Waals surface area contributed by atoms with Crippen LogP contribution >= 0.6 is 0 Å². The van der Waals surface area contributed by atoms with Gasteiger partial charge in [0.25, 0.3) is 0 Å². The fourth-order valence-electron chi connectivity index (χ4n) is 1.75. The molecule has 1 aromatic heterocycles. The average Bonchev–Trinajstić information content (AvgIpc) is 2.34. The molecular weight excluding hydrogens is 212 g/mol. The Morgan fingerprint density at radius 3 is 2.41 bits per heavy atom. The van der Waals surface area contributed by atoms with Crippen LogP contribution in [0.2, 0.25) is 0 Å². The number of benzene rings is 1. The highest BCUT2D eigenvalue weighted by Gasteiger charge is 2.08. The van der Waals surface area contributed by atoms with Gasteiger partial charge in [-0.2, -0.15) is 0 Å². The highest BCUT2D eigenvalue weighted by molar-refractivity contribution is 5.78. The fourth-order valence-corrected chi connectivity index (χ4v) is 1.75. The van der Waals surface area contributed by atoms with Crippen molar-refractivity contribution < 1.29 is 4.79 Å². The highest BCUT2D eigenvalue weighted by Crippen LogP contribution is 2.21. The van der Waals surface area contributed by atoms with E-state index in [1.807, 2.05) is 39.0 Å². The predicted octanol–water partition coefficient (Wildman–Crippen LogP) is 2.88. The van der Waals surface area contributed by atoms with Crippen molar-refractivity contribution in [2.24, 2.45) is 0 Å². The zero-order chi connectivity index (χ0) is 12.4. The molecule has 0 aliphatic carbocycles. The number of hydrogen-bond donors (Lipinski definition) is 0. The van der Waals surface area contributed by atoms with Gasteiger partial charge in [-0.1, -0.05) is 18.2 Å². The van der Waals surface area contributed by atoms with E-state index in [0.717, 1.165) is 34.6 Å². The number of rotatable bonds is 2. The van der Waals surface area contributed by atoms with Crippen molar-refractivity contribution >= 4 is 6.29 Å². The van der Waals surface area contributed by atoms with Gasteiger partial charge in [0.05, 0.1) is 22.8 Å². The molecule has 0 aliphatic heterocycles. The first-order valence-corrected chi connectivity index (χ1v) is 5.49. The van der Waals surface area contributed by atoms with Crippen LogP contribution in [0.5, 0.6) is 0 Å². The summed E-state index contributed by atoms with van der Waals surface area (Å²) in [5.74, 6) is 0. The summed E-state index contributed by atoms with van der Waals surface area (Å²) in [4.78, 5) is 19.8. The molecule has 0 atom stereocenters. The largest absolute Gasteiger partial charge is 0.298 e. The third kappa shape index (κ3) is 2.23. The summed E-state index contributed by atoms with van der Waals surface area (Å²) in [5.41, 5.74) is 5.18. The van der Waals surface area contributed by atoms with Crippen molar-refractivity contribution in [2.45, 2.75) is 20.8 Å². The van der Waals surface area contributed by atoms with Crippen LogP contribution in [0.15, 0.2) is 24.3 Å². The number of hydrogen-bond acceptors (Lipinski definition) is 3. The molecule has 0 bridgehead atoms. The molecular formula is C14H14N2O. The van der Waals surface area contributed by atoms with Crippen molar-refractivity contribution in [3.8, 4) is 11.3 Å². The van der Waals surface area contributed by atoms with E-state index >= 15 is 0 Å². The molecule has 17 heavy (non-hydrogen) atoms. The van der Waals surface area contributed by atoms with E-state index in [4.69, 9.17) is 0 Å². The van der Waals surface area contributed by atoms with E-state index in [2.05, 4.69) is 9.97 Å². The van der Waals surface area contributed by atoms with Crippen LogP contribution in [-0.4, -0.2) is 16.3 Å². The summed E-state index contributed by atoms with van der Waals surface area (Å²) < 4.78 is 0. The molecule has 2 aromatic rings. The summed E-state index contributed by atoms with van der Waals surface area (Å²) in [6.07, 6.45) is 0.841. The van der Waals surface area contributed by atoms with E-state index < -0.39 is 0 Å². The molecule has 3 nitrogen and oxygen atoms in total. The van der Waals surface area contributed by atoms with Gasteiger partial charge < -0.3 is 0 Å². The fraction of sp³-hybridized carbons (Fsp3) is 0.214. The number of aldehydes is 1. The third-order valence-corrected chi connectivity index (χ3v) is 2.78. The van der Waals surface area contributed by atoms with Crippen LogP contribution in [0.4, 0.5) is 0 Å². The van der Waals surface area contributed by atoms with E-state index in [1.165, 1.54) is 0 Å². The minimum Gasteiger partial charge on any atom is -0.298 e. The lowest BCUT2D eigenvalue weighted by molar-refractivity contribution is 0.112. The topological polar surface area (TPSA) is 42.9 Å². The van der Waals surface area contributed by atoms with Crippen LogP contribution in [0.3, 0.4) is 0 Å². The van der Waals surface area contributed by atoms with Crippen molar-refractivity contribution in [1.29, 1.82) is 0 Å². The lowest BCUT2D eigenvalue weighted by Gasteiger charge is -2.08. The Hall–Kier alpha value is -2.03. The monoisotopic (exact) mass is 226 g/mol. The second kappa shape index (κ2) is 4.45. The second-order valence-electron chi connectivity index (χ2n) is 4.07. The summed E-state index contributed by atoms with van der Waals surface area (Å²) in [6.45, 7) is 5.82. The van der Waals surface area contributed by atoms with Crippen LogP contribution < -0.4 is 0 Å². The highest BCUT2D eigenvalue weighted by atomic mass is 16.1. The quantitative estimate of drug-likeness (QED) is 0.739. The summed E-state index contributed by atoms with van der Waals surface area (Å²) in [7, 11) is 0. The summed E-state index contributed by atoms with van der Waals surface area (Å²) >= 11 is 0. The van der Waals surface area contributed by atoms with E-state index in [9.17, 15) is 4.79 Å². The van der Waals surface area contributed by atoms with Gasteiger partial charge in [-0.05, 0) is 26.8 Å². The van der Waals surface area contributed by atoms with Crippen molar-refractivity contribution in [3.63, 3.8) is 0 Å². The van der Waals surface area contributed by atoms with Crippen molar-refractivity contribution in [1.82, 2.24) is 9.97 Å². The molecule has 1 aromatic carbocycles. The van der Waals surface area contributed by atoms with Crippen LogP contribution in [0, 0.1) is 20.8 Å². The van der Waals surface area contributed by atoms with Crippen LogP contribution in [-0.2, 0) is 0 Å². The van der Waals surface area contributed by atoms with Gasteiger partial charge in [0.15, 0.2) is 0 Å². The van der Waals surface area contributed by atoms with Gasteiger partial charge in [-0.15, -0.1) is 0 Å². The first-order valence-electron chi connectivity index (χ1n) is 5.49. The molecule has 0 saturated carbocycles. The van der Waals surface area contributed by atoms with Crippen LogP contribution in [0.25, 0.3) is 11.3 Å². The maximum atomic E-state index is 10.8. The molecule has 0 spiro atoms. The SMILES string of the molecule is Cc1nc(C)c(-c2cccc(C=O)c2)nc1C. The first kappa shape index (κ1) is 11.5. The van der Waals surface area contributed by atoms with E-state index in [1.54, 1.807) is 6.07 Å². The Bertz CT molecular complexity index is 576. The Kier molecular flexibility index (Phi) is 3.00. The third-order valence-electron chi connectivity index (χ3n) is 2.78. The molecule has 0 unspecified atom stereocenters. The van der Waals surface area contributed by atoms with Gasteiger partial charge in [0.2, 0.25) is 0 Å². The number of aryl methyl sites for hydroxylation is 3. The number of nitrogens with zero attached hydrogens (tertiary/aromatic N) is 2. The number of carbonyl (C=O) groups is 1. The molecule has 0 aliphatic rings. The van der Waals surface area contributed by atoms with Gasteiger partial charge in [0, 0.05) is 11.1 Å². The lowest BCUT2D eigenvalue weighted by atomic mass is 10.1. The normalized spacial score (nSPS) is 10.3. The van der Waals surface area contributed by atoms with Crippen LogP contribution in [0.1, 0.15) is 27.4 Å². The van der Waals surface area contributed by atoms with E-state index in [0.29, 0.717) is 5.56 Å². The zero-order valence-electron chi connectivity index (χ0n) is 10.2. The van der Waals surface area contributed by atoms with E-state index in [-0.39, 0.29) is 0 Å². The summed E-state index contributed by atoms with van der Waals surface area (Å²) in [5, 5.41) is 0. The molecule has 0 saturated heterocycles. The Morgan fingerprint density at radius 2 is 1.71 bits per heavy atom. The molecule has 0 fully saturated rings. The molecule has 0 N–H and O–H groups in total. The molecule has 3 heteroatoms. The average molecular weight is 226 g/mol. The molecule has 0 amide bonds. The zero-order valence-corrected chi connectivity index (χ0v) is 10.2. The Labute approximate surface area is 101 Å². The first-order chi connectivity index (χ1) is 8.11. The minimum atomic E-state index is 0.655. The molecule has 2 rings (SSSR count). The maximum Gasteiger partial charge on any atom is 0.150 e. The predicted molar refractivity (Wildman–Crippen MR) is 67.1 cm³/mol. The number of carbonyl (C=O) groups excluding carboxylic acids is 1. The van der Waals surface area contributed by atoms with Gasteiger partial charge >= 0.3 is 0 Å². The van der Waals surface area contributed by atoms with Gasteiger partial charge in [-0.25, -0.2) is 4.98 Å².